The van der Waals surface area contributed by atoms with Gasteiger partial charge in [0.2, 0.25) is 0 Å². The van der Waals surface area contributed by atoms with Crippen molar-refractivity contribution in [2.45, 2.75) is 57.5 Å². The molecule has 1 fully saturated rings. The Hall–Kier alpha value is -0.0800. The van der Waals surface area contributed by atoms with E-state index in [1.54, 1.807) is 0 Å². The summed E-state index contributed by atoms with van der Waals surface area (Å²) in [4.78, 5) is 0. The van der Waals surface area contributed by atoms with Crippen LogP contribution < -0.4 is 5.32 Å². The zero-order chi connectivity index (χ0) is 8.81. The Morgan fingerprint density at radius 3 is 2.58 bits per heavy atom. The van der Waals surface area contributed by atoms with Crippen LogP contribution in [0.3, 0.4) is 0 Å². The van der Waals surface area contributed by atoms with E-state index in [2.05, 4.69) is 12.2 Å². The van der Waals surface area contributed by atoms with Crippen molar-refractivity contribution in [2.75, 3.05) is 6.61 Å². The third-order valence-corrected chi connectivity index (χ3v) is 2.68. The van der Waals surface area contributed by atoms with Crippen LogP contribution in [0.2, 0.25) is 0 Å². The average Bonchev–Trinajstić information content (AvgIpc) is 2.56. The standard InChI is InChI=1S/C10H21NO/c1-2-5-10(8-12)11-9-6-3-4-7-9/h9-12H,2-8H2,1H3. The van der Waals surface area contributed by atoms with Gasteiger partial charge in [0.05, 0.1) is 6.61 Å². The second-order valence-electron chi connectivity index (χ2n) is 3.82. The molecule has 0 amide bonds. The van der Waals surface area contributed by atoms with Gasteiger partial charge in [-0.15, -0.1) is 0 Å². The first-order valence-corrected chi connectivity index (χ1v) is 5.23. The molecule has 72 valence electrons. The smallest absolute Gasteiger partial charge is 0.0584 e. The average molecular weight is 171 g/mol. The van der Waals surface area contributed by atoms with Crippen molar-refractivity contribution < 1.29 is 5.11 Å². The minimum Gasteiger partial charge on any atom is -0.395 e. The van der Waals surface area contributed by atoms with Crippen molar-refractivity contribution in [1.29, 1.82) is 0 Å². The van der Waals surface area contributed by atoms with Crippen LogP contribution in [0.25, 0.3) is 0 Å². The van der Waals surface area contributed by atoms with Crippen LogP contribution in [0, 0.1) is 0 Å². The molecule has 0 heterocycles. The second-order valence-corrected chi connectivity index (χ2v) is 3.82. The van der Waals surface area contributed by atoms with Crippen molar-refractivity contribution in [3.63, 3.8) is 0 Å². The summed E-state index contributed by atoms with van der Waals surface area (Å²) in [5.74, 6) is 0. The molecule has 2 N–H and O–H groups in total. The predicted molar refractivity (Wildman–Crippen MR) is 51.2 cm³/mol. The van der Waals surface area contributed by atoms with Gasteiger partial charge in [0.25, 0.3) is 0 Å². The molecule has 0 aliphatic heterocycles. The molecule has 12 heavy (non-hydrogen) atoms. The van der Waals surface area contributed by atoms with Gasteiger partial charge >= 0.3 is 0 Å². The molecular formula is C10H21NO. The monoisotopic (exact) mass is 171 g/mol. The van der Waals surface area contributed by atoms with E-state index in [1.165, 1.54) is 25.7 Å². The van der Waals surface area contributed by atoms with Gasteiger partial charge < -0.3 is 10.4 Å². The number of aliphatic hydroxyl groups excluding tert-OH is 1. The van der Waals surface area contributed by atoms with E-state index in [1.807, 2.05) is 0 Å². The van der Waals surface area contributed by atoms with Crippen LogP contribution in [0.4, 0.5) is 0 Å². The minimum absolute atomic E-state index is 0.296. The third-order valence-electron chi connectivity index (χ3n) is 2.68. The molecule has 0 aromatic heterocycles. The van der Waals surface area contributed by atoms with Crippen LogP contribution in [0.15, 0.2) is 0 Å². The molecule has 1 saturated carbocycles. The van der Waals surface area contributed by atoms with Gasteiger partial charge in [0.1, 0.15) is 0 Å². The summed E-state index contributed by atoms with van der Waals surface area (Å²) in [6.07, 6.45) is 7.60. The SMILES string of the molecule is CCCC(CO)NC1CCCC1. The molecule has 0 aromatic carbocycles. The topological polar surface area (TPSA) is 32.3 Å². The molecule has 2 heteroatoms. The largest absolute Gasteiger partial charge is 0.395 e. The molecule has 0 saturated heterocycles. The van der Waals surface area contributed by atoms with Crippen molar-refractivity contribution in [3.05, 3.63) is 0 Å². The van der Waals surface area contributed by atoms with E-state index in [0.29, 0.717) is 18.7 Å². The molecule has 1 unspecified atom stereocenters. The Labute approximate surface area is 75.4 Å². The molecular weight excluding hydrogens is 150 g/mol. The third kappa shape index (κ3) is 3.11. The van der Waals surface area contributed by atoms with Crippen molar-refractivity contribution in [2.24, 2.45) is 0 Å². The second kappa shape index (κ2) is 5.55. The fourth-order valence-corrected chi connectivity index (χ4v) is 2.00. The molecule has 1 aliphatic carbocycles. The van der Waals surface area contributed by atoms with Gasteiger partial charge in [-0.2, -0.15) is 0 Å². The lowest BCUT2D eigenvalue weighted by Gasteiger charge is -2.20. The van der Waals surface area contributed by atoms with Gasteiger partial charge in [-0.1, -0.05) is 26.2 Å². The van der Waals surface area contributed by atoms with Crippen molar-refractivity contribution >= 4 is 0 Å². The zero-order valence-electron chi connectivity index (χ0n) is 8.05. The van der Waals surface area contributed by atoms with Crippen LogP contribution in [-0.2, 0) is 0 Å². The van der Waals surface area contributed by atoms with Crippen LogP contribution in [0.1, 0.15) is 45.4 Å². The van der Waals surface area contributed by atoms with E-state index >= 15 is 0 Å². The Balaban J connectivity index is 2.16. The van der Waals surface area contributed by atoms with E-state index in [-0.39, 0.29) is 0 Å². The van der Waals surface area contributed by atoms with Crippen molar-refractivity contribution in [1.82, 2.24) is 5.32 Å². The van der Waals surface area contributed by atoms with Gasteiger partial charge in [-0.25, -0.2) is 0 Å². The summed E-state index contributed by atoms with van der Waals surface area (Å²) in [5, 5.41) is 12.6. The molecule has 0 radical (unpaired) electrons. The molecule has 1 atom stereocenters. The maximum atomic E-state index is 9.05. The Morgan fingerprint density at radius 1 is 1.42 bits per heavy atom. The summed E-state index contributed by atoms with van der Waals surface area (Å²) in [7, 11) is 0. The lowest BCUT2D eigenvalue weighted by Crippen LogP contribution is -2.38. The molecule has 0 aromatic rings. The number of hydrogen-bond acceptors (Lipinski definition) is 2. The highest BCUT2D eigenvalue weighted by molar-refractivity contribution is 4.77. The molecule has 1 aliphatic rings. The maximum absolute atomic E-state index is 9.05. The quantitative estimate of drug-likeness (QED) is 0.659. The minimum atomic E-state index is 0.296. The normalized spacial score (nSPS) is 21.5. The fourth-order valence-electron chi connectivity index (χ4n) is 2.00. The zero-order valence-corrected chi connectivity index (χ0v) is 8.05. The maximum Gasteiger partial charge on any atom is 0.0584 e. The lowest BCUT2D eigenvalue weighted by atomic mass is 10.1. The highest BCUT2D eigenvalue weighted by Crippen LogP contribution is 2.18. The first-order valence-electron chi connectivity index (χ1n) is 5.23. The van der Waals surface area contributed by atoms with E-state index in [0.717, 1.165) is 12.8 Å². The summed E-state index contributed by atoms with van der Waals surface area (Å²) >= 11 is 0. The molecule has 0 bridgehead atoms. The van der Waals surface area contributed by atoms with Crippen LogP contribution in [-0.4, -0.2) is 23.8 Å². The molecule has 1 rings (SSSR count). The summed E-state index contributed by atoms with van der Waals surface area (Å²) in [6.45, 7) is 2.46. The summed E-state index contributed by atoms with van der Waals surface area (Å²) in [6, 6.07) is 1.03. The van der Waals surface area contributed by atoms with E-state index in [4.69, 9.17) is 5.11 Å². The van der Waals surface area contributed by atoms with E-state index < -0.39 is 0 Å². The number of rotatable bonds is 5. The molecule has 2 nitrogen and oxygen atoms in total. The summed E-state index contributed by atoms with van der Waals surface area (Å²) in [5.41, 5.74) is 0. The fraction of sp³-hybridized carbons (Fsp3) is 1.00. The lowest BCUT2D eigenvalue weighted by molar-refractivity contribution is 0.223. The Bertz CT molecular complexity index is 110. The molecule has 0 spiro atoms. The Morgan fingerprint density at radius 2 is 2.08 bits per heavy atom. The van der Waals surface area contributed by atoms with Crippen molar-refractivity contribution in [3.8, 4) is 0 Å². The van der Waals surface area contributed by atoms with Gasteiger partial charge in [0.15, 0.2) is 0 Å². The summed E-state index contributed by atoms with van der Waals surface area (Å²) < 4.78 is 0. The number of nitrogens with one attached hydrogen (secondary N) is 1. The Kier molecular flexibility index (Phi) is 4.62. The van der Waals surface area contributed by atoms with Gasteiger partial charge in [-0.05, 0) is 19.3 Å². The predicted octanol–water partition coefficient (Wildman–Crippen LogP) is 1.68. The van der Waals surface area contributed by atoms with E-state index in [9.17, 15) is 0 Å². The van der Waals surface area contributed by atoms with Gasteiger partial charge in [-0.3, -0.25) is 0 Å². The van der Waals surface area contributed by atoms with Crippen LogP contribution >= 0.6 is 0 Å². The highest BCUT2D eigenvalue weighted by atomic mass is 16.3. The number of hydrogen-bond donors (Lipinski definition) is 2. The first-order chi connectivity index (χ1) is 5.86. The van der Waals surface area contributed by atoms with Crippen LogP contribution in [0.5, 0.6) is 0 Å². The number of aliphatic hydroxyl groups is 1. The first kappa shape index (κ1) is 10.0. The van der Waals surface area contributed by atoms with Gasteiger partial charge in [0, 0.05) is 12.1 Å². The highest BCUT2D eigenvalue weighted by Gasteiger charge is 2.17.